The Hall–Kier alpha value is -2.54. The monoisotopic (exact) mass is 449 g/mol. The molecule has 1 atom stereocenters. The molecule has 0 aliphatic carbocycles. The minimum absolute atomic E-state index is 0. The van der Waals surface area contributed by atoms with Crippen molar-refractivity contribution in [2.75, 3.05) is 26.3 Å². The second kappa shape index (κ2) is 10.5. The molecule has 1 unspecified atom stereocenters. The van der Waals surface area contributed by atoms with E-state index in [4.69, 9.17) is 20.2 Å². The molecule has 8 heteroatoms. The van der Waals surface area contributed by atoms with E-state index in [0.29, 0.717) is 43.3 Å². The highest BCUT2D eigenvalue weighted by Crippen LogP contribution is 2.35. The van der Waals surface area contributed by atoms with Gasteiger partial charge in [-0.1, -0.05) is 25.1 Å². The summed E-state index contributed by atoms with van der Waals surface area (Å²) in [6.07, 6.45) is 0. The van der Waals surface area contributed by atoms with E-state index in [-0.39, 0.29) is 36.6 Å². The fourth-order valence-electron chi connectivity index (χ4n) is 3.16. The number of carbonyl (C=O) groups is 1. The zero-order valence-corrected chi connectivity index (χ0v) is 18.2. The Bertz CT molecular complexity index is 1030. The van der Waals surface area contributed by atoms with E-state index in [1.807, 2.05) is 55.5 Å². The number of aromatic nitrogens is 1. The maximum atomic E-state index is 12.9. The van der Waals surface area contributed by atoms with Gasteiger partial charge in [-0.05, 0) is 42.8 Å². The number of fused-ring (bicyclic) bond motifs is 2. The van der Waals surface area contributed by atoms with Crippen LogP contribution in [-0.2, 0) is 0 Å². The summed E-state index contributed by atoms with van der Waals surface area (Å²) in [5.74, 6) is 1.51. The molecule has 6 nitrogen and oxygen atoms in total. The Morgan fingerprint density at radius 1 is 1.10 bits per heavy atom. The summed E-state index contributed by atoms with van der Waals surface area (Å²) in [6, 6.07) is 15.2. The molecule has 1 aliphatic heterocycles. The average Bonchev–Trinajstić information content (AvgIpc) is 2.76. The van der Waals surface area contributed by atoms with Crippen molar-refractivity contribution in [3.05, 3.63) is 54.1 Å². The van der Waals surface area contributed by atoms with E-state index in [2.05, 4.69) is 5.32 Å². The minimum atomic E-state index is -0.127. The van der Waals surface area contributed by atoms with Gasteiger partial charge in [0.2, 0.25) is 0 Å². The molecule has 160 valence electrons. The molecule has 0 saturated heterocycles. The first kappa shape index (κ1) is 23.7. The van der Waals surface area contributed by atoms with E-state index in [1.165, 1.54) is 0 Å². The summed E-state index contributed by atoms with van der Waals surface area (Å²) < 4.78 is 11.3. The normalized spacial score (nSPS) is 13.0. The first-order chi connectivity index (χ1) is 13.7. The van der Waals surface area contributed by atoms with Crippen LogP contribution in [0.1, 0.15) is 17.3 Å². The fraction of sp³-hybridized carbons (Fsp3) is 0.273. The standard InChI is InChI=1S/C22H23N3O3.2ClH/c1-14(12-23)13-24-22(26)17-11-19(25-18-5-3-2-4-16(17)18)15-6-7-20-21(10-15)28-9-8-27-20;;/h2-7,10-11,14H,8-9,12-13,23H2,1H3,(H,24,26);2*1H. The van der Waals surface area contributed by atoms with Gasteiger partial charge in [0.25, 0.3) is 5.91 Å². The Morgan fingerprint density at radius 2 is 1.83 bits per heavy atom. The Kier molecular flexibility index (Phi) is 8.29. The smallest absolute Gasteiger partial charge is 0.252 e. The SMILES string of the molecule is CC(CN)CNC(=O)c1cc(-c2ccc3c(c2)OCCO3)nc2ccccc12.Cl.Cl. The fourth-order valence-corrected chi connectivity index (χ4v) is 3.16. The van der Waals surface area contributed by atoms with Gasteiger partial charge >= 0.3 is 0 Å². The third kappa shape index (κ3) is 4.95. The number of nitrogens with two attached hydrogens (primary N) is 1. The largest absolute Gasteiger partial charge is 0.486 e. The predicted octanol–water partition coefficient (Wildman–Crippen LogP) is 3.84. The molecule has 2 heterocycles. The molecule has 1 aromatic heterocycles. The van der Waals surface area contributed by atoms with Gasteiger partial charge in [-0.15, -0.1) is 24.8 Å². The summed E-state index contributed by atoms with van der Waals surface area (Å²) >= 11 is 0. The summed E-state index contributed by atoms with van der Waals surface area (Å²) in [6.45, 7) is 4.14. The Labute approximate surface area is 188 Å². The molecule has 0 saturated carbocycles. The Morgan fingerprint density at radius 3 is 2.60 bits per heavy atom. The Balaban J connectivity index is 0.00000160. The zero-order chi connectivity index (χ0) is 19.5. The number of para-hydroxylation sites is 1. The third-order valence-corrected chi connectivity index (χ3v) is 4.81. The lowest BCUT2D eigenvalue weighted by Crippen LogP contribution is -2.31. The summed E-state index contributed by atoms with van der Waals surface area (Å²) in [5.41, 5.74) is 8.62. The number of rotatable bonds is 5. The van der Waals surface area contributed by atoms with Crippen LogP contribution in [0.4, 0.5) is 0 Å². The number of pyridine rings is 1. The van der Waals surface area contributed by atoms with Gasteiger partial charge < -0.3 is 20.5 Å². The second-order valence-corrected chi connectivity index (χ2v) is 6.98. The molecule has 1 amide bonds. The molecule has 0 fully saturated rings. The van der Waals surface area contributed by atoms with Crippen molar-refractivity contribution < 1.29 is 14.3 Å². The average molecular weight is 450 g/mol. The highest BCUT2D eigenvalue weighted by molar-refractivity contribution is 6.07. The number of hydrogen-bond acceptors (Lipinski definition) is 5. The van der Waals surface area contributed by atoms with Crippen LogP contribution in [0.3, 0.4) is 0 Å². The summed E-state index contributed by atoms with van der Waals surface area (Å²) in [4.78, 5) is 17.6. The van der Waals surface area contributed by atoms with Crippen molar-refractivity contribution in [2.24, 2.45) is 11.7 Å². The molecule has 30 heavy (non-hydrogen) atoms. The van der Waals surface area contributed by atoms with Gasteiger partial charge in [-0.3, -0.25) is 4.79 Å². The molecule has 0 bridgehead atoms. The van der Waals surface area contributed by atoms with Crippen molar-refractivity contribution in [3.63, 3.8) is 0 Å². The summed E-state index contributed by atoms with van der Waals surface area (Å²) in [5, 5.41) is 3.80. The molecule has 4 rings (SSSR count). The van der Waals surface area contributed by atoms with Crippen LogP contribution in [0.2, 0.25) is 0 Å². The number of nitrogens with zero attached hydrogens (tertiary/aromatic N) is 1. The maximum Gasteiger partial charge on any atom is 0.252 e. The molecule has 0 radical (unpaired) electrons. The van der Waals surface area contributed by atoms with Crippen molar-refractivity contribution in [1.29, 1.82) is 0 Å². The lowest BCUT2D eigenvalue weighted by atomic mass is 10.0. The molecule has 2 aromatic carbocycles. The molecular formula is C22H25Cl2N3O3. The van der Waals surface area contributed by atoms with Gasteiger partial charge in [0, 0.05) is 17.5 Å². The number of amides is 1. The number of nitrogens with one attached hydrogen (secondary N) is 1. The van der Waals surface area contributed by atoms with Gasteiger partial charge in [0.1, 0.15) is 13.2 Å². The zero-order valence-electron chi connectivity index (χ0n) is 16.6. The van der Waals surface area contributed by atoms with Crippen molar-refractivity contribution >= 4 is 41.6 Å². The van der Waals surface area contributed by atoms with Crippen LogP contribution in [-0.4, -0.2) is 37.2 Å². The number of carbonyl (C=O) groups excluding carboxylic acids is 1. The maximum absolute atomic E-state index is 12.9. The molecule has 1 aliphatic rings. The summed E-state index contributed by atoms with van der Waals surface area (Å²) in [7, 11) is 0. The van der Waals surface area contributed by atoms with E-state index < -0.39 is 0 Å². The highest BCUT2D eigenvalue weighted by Gasteiger charge is 2.17. The lowest BCUT2D eigenvalue weighted by molar-refractivity contribution is 0.0950. The highest BCUT2D eigenvalue weighted by atomic mass is 35.5. The van der Waals surface area contributed by atoms with Crippen LogP contribution < -0.4 is 20.5 Å². The van der Waals surface area contributed by atoms with Crippen molar-refractivity contribution in [3.8, 4) is 22.8 Å². The number of halogens is 2. The number of ether oxygens (including phenoxy) is 2. The van der Waals surface area contributed by atoms with Gasteiger partial charge in [-0.25, -0.2) is 4.98 Å². The van der Waals surface area contributed by atoms with Gasteiger partial charge in [0.15, 0.2) is 11.5 Å². The van der Waals surface area contributed by atoms with Crippen LogP contribution in [0.5, 0.6) is 11.5 Å². The van der Waals surface area contributed by atoms with E-state index in [9.17, 15) is 4.79 Å². The molecular weight excluding hydrogens is 425 g/mol. The lowest BCUT2D eigenvalue weighted by Gasteiger charge is -2.19. The van der Waals surface area contributed by atoms with Crippen molar-refractivity contribution in [2.45, 2.75) is 6.92 Å². The van der Waals surface area contributed by atoms with E-state index in [1.54, 1.807) is 0 Å². The quantitative estimate of drug-likeness (QED) is 0.617. The van der Waals surface area contributed by atoms with E-state index in [0.717, 1.165) is 22.2 Å². The first-order valence-electron chi connectivity index (χ1n) is 9.44. The molecule has 3 N–H and O–H groups in total. The topological polar surface area (TPSA) is 86.5 Å². The van der Waals surface area contributed by atoms with E-state index >= 15 is 0 Å². The van der Waals surface area contributed by atoms with Crippen LogP contribution >= 0.6 is 24.8 Å². The number of hydrogen-bond donors (Lipinski definition) is 2. The van der Waals surface area contributed by atoms with Crippen LogP contribution in [0.25, 0.3) is 22.2 Å². The molecule has 0 spiro atoms. The third-order valence-electron chi connectivity index (χ3n) is 4.81. The minimum Gasteiger partial charge on any atom is -0.486 e. The first-order valence-corrected chi connectivity index (χ1v) is 9.44. The second-order valence-electron chi connectivity index (χ2n) is 6.98. The predicted molar refractivity (Wildman–Crippen MR) is 123 cm³/mol. The number of benzene rings is 2. The van der Waals surface area contributed by atoms with Crippen LogP contribution in [0, 0.1) is 5.92 Å². The molecule has 3 aromatic rings. The van der Waals surface area contributed by atoms with Gasteiger partial charge in [-0.2, -0.15) is 0 Å². The van der Waals surface area contributed by atoms with Crippen LogP contribution in [0.15, 0.2) is 48.5 Å². The van der Waals surface area contributed by atoms with Crippen molar-refractivity contribution in [1.82, 2.24) is 10.3 Å². The van der Waals surface area contributed by atoms with Gasteiger partial charge in [0.05, 0.1) is 16.8 Å².